The molecule has 0 N–H and O–H groups in total. The molecule has 0 spiro atoms. The van der Waals surface area contributed by atoms with Gasteiger partial charge in [-0.1, -0.05) is 31.4 Å². The molecule has 3 aromatic rings. The van der Waals surface area contributed by atoms with Gasteiger partial charge < -0.3 is 23.5 Å². The zero-order valence-electron chi connectivity index (χ0n) is 22.2. The zero-order chi connectivity index (χ0) is 26.7. The van der Waals surface area contributed by atoms with Crippen LogP contribution in [-0.4, -0.2) is 58.5 Å². The van der Waals surface area contributed by atoms with Crippen molar-refractivity contribution >= 4 is 11.8 Å². The van der Waals surface area contributed by atoms with Crippen molar-refractivity contribution in [2.75, 3.05) is 26.3 Å². The summed E-state index contributed by atoms with van der Waals surface area (Å²) < 4.78 is 26.3. The van der Waals surface area contributed by atoms with Crippen LogP contribution in [0.25, 0.3) is 0 Å². The third-order valence-electron chi connectivity index (χ3n) is 7.12. The molecule has 8 heteroatoms. The molecule has 38 heavy (non-hydrogen) atoms. The van der Waals surface area contributed by atoms with Crippen LogP contribution in [0.3, 0.4) is 0 Å². The summed E-state index contributed by atoms with van der Waals surface area (Å²) in [6.07, 6.45) is 9.38. The summed E-state index contributed by atoms with van der Waals surface area (Å²) in [5.41, 5.74) is 2.00. The van der Waals surface area contributed by atoms with Gasteiger partial charge in [0, 0.05) is 44.2 Å². The zero-order valence-corrected chi connectivity index (χ0v) is 22.2. The number of ether oxygens (including phenoxy) is 1. The maximum Gasteiger partial charge on any atom is 0.290 e. The van der Waals surface area contributed by atoms with E-state index in [1.807, 2.05) is 30.2 Å². The van der Waals surface area contributed by atoms with Crippen LogP contribution in [0.4, 0.5) is 4.39 Å². The highest BCUT2D eigenvalue weighted by Gasteiger charge is 2.29. The Morgan fingerprint density at radius 1 is 1.08 bits per heavy atom. The maximum atomic E-state index is 13.9. The molecule has 0 aliphatic heterocycles. The summed E-state index contributed by atoms with van der Waals surface area (Å²) in [6, 6.07) is 13.9. The number of nitrogens with zero attached hydrogens (tertiary/aromatic N) is 3. The van der Waals surface area contributed by atoms with E-state index in [9.17, 15) is 14.0 Å². The van der Waals surface area contributed by atoms with E-state index < -0.39 is 0 Å². The highest BCUT2D eigenvalue weighted by Crippen LogP contribution is 2.25. The topological polar surface area (TPSA) is 67.9 Å². The van der Waals surface area contributed by atoms with E-state index in [1.54, 1.807) is 29.2 Å². The predicted octanol–water partition coefficient (Wildman–Crippen LogP) is 5.50. The lowest BCUT2D eigenvalue weighted by Crippen LogP contribution is -2.47. The molecular weight excluding hydrogens is 485 g/mol. The van der Waals surface area contributed by atoms with Gasteiger partial charge in [0.05, 0.1) is 12.8 Å². The largest absolute Gasteiger partial charge is 0.459 e. The molecule has 1 aromatic carbocycles. The second-order valence-electron chi connectivity index (χ2n) is 9.82. The van der Waals surface area contributed by atoms with Crippen molar-refractivity contribution in [2.45, 2.75) is 64.6 Å². The van der Waals surface area contributed by atoms with Crippen molar-refractivity contribution in [3.05, 3.63) is 83.8 Å². The van der Waals surface area contributed by atoms with Gasteiger partial charge in [-0.3, -0.25) is 9.59 Å². The molecule has 1 saturated carbocycles. The Morgan fingerprint density at radius 3 is 2.58 bits per heavy atom. The van der Waals surface area contributed by atoms with E-state index in [2.05, 4.69) is 4.57 Å². The monoisotopic (exact) mass is 523 g/mol. The minimum atomic E-state index is -0.289. The molecule has 0 atom stereocenters. The third-order valence-corrected chi connectivity index (χ3v) is 7.12. The van der Waals surface area contributed by atoms with E-state index >= 15 is 0 Å². The van der Waals surface area contributed by atoms with Crippen LogP contribution in [0.2, 0.25) is 0 Å². The standard InChI is InChI=1S/C30H38FN3O4/c1-2-37-19-8-18-33(30(36)28-12-7-20-38-28)23-29(35)34(26-9-4-3-5-10-26)22-27-11-6-17-32(27)21-24-13-15-25(31)16-14-24/h6-7,11-17,20,26H,2-5,8-10,18-19,21-23H2,1H3. The summed E-state index contributed by atoms with van der Waals surface area (Å²) in [6.45, 7) is 4.51. The molecule has 1 fully saturated rings. The van der Waals surface area contributed by atoms with Gasteiger partial charge in [0.25, 0.3) is 5.91 Å². The number of halogens is 1. The Hall–Kier alpha value is -3.39. The van der Waals surface area contributed by atoms with Crippen molar-refractivity contribution in [1.82, 2.24) is 14.4 Å². The normalized spacial score (nSPS) is 13.9. The number of rotatable bonds is 13. The fourth-order valence-electron chi connectivity index (χ4n) is 5.09. The lowest BCUT2D eigenvalue weighted by atomic mass is 9.94. The highest BCUT2D eigenvalue weighted by molar-refractivity contribution is 5.94. The molecule has 0 bridgehead atoms. The first-order valence-electron chi connectivity index (χ1n) is 13.6. The lowest BCUT2D eigenvalue weighted by Gasteiger charge is -2.36. The quantitative estimate of drug-likeness (QED) is 0.278. The van der Waals surface area contributed by atoms with Crippen molar-refractivity contribution < 1.29 is 23.1 Å². The molecule has 1 aliphatic rings. The number of furan rings is 1. The SMILES string of the molecule is CCOCCCN(CC(=O)N(Cc1cccn1Cc1ccc(F)cc1)C1CCCCC1)C(=O)c1ccco1. The number of carbonyl (C=O) groups excluding carboxylic acids is 2. The Kier molecular flexibility index (Phi) is 10.1. The summed E-state index contributed by atoms with van der Waals surface area (Å²) in [5.74, 6) is -0.386. The minimum Gasteiger partial charge on any atom is -0.459 e. The first-order valence-corrected chi connectivity index (χ1v) is 13.6. The molecule has 2 amide bonds. The van der Waals surface area contributed by atoms with Gasteiger partial charge in [-0.15, -0.1) is 0 Å². The van der Waals surface area contributed by atoms with Crippen molar-refractivity contribution in [1.29, 1.82) is 0 Å². The van der Waals surface area contributed by atoms with E-state index in [0.717, 1.165) is 36.9 Å². The number of aromatic nitrogens is 1. The van der Waals surface area contributed by atoms with Crippen LogP contribution in [0.1, 0.15) is 67.3 Å². The second-order valence-corrected chi connectivity index (χ2v) is 9.82. The molecule has 4 rings (SSSR count). The van der Waals surface area contributed by atoms with E-state index in [4.69, 9.17) is 9.15 Å². The molecule has 2 heterocycles. The number of carbonyl (C=O) groups is 2. The van der Waals surface area contributed by atoms with Crippen LogP contribution in [0, 0.1) is 5.82 Å². The molecule has 2 aromatic heterocycles. The molecule has 1 aliphatic carbocycles. The molecule has 0 saturated heterocycles. The summed E-state index contributed by atoms with van der Waals surface area (Å²) in [7, 11) is 0. The van der Waals surface area contributed by atoms with Crippen molar-refractivity contribution in [3.8, 4) is 0 Å². The first-order chi connectivity index (χ1) is 18.5. The van der Waals surface area contributed by atoms with Crippen LogP contribution in [-0.2, 0) is 22.6 Å². The Labute approximate surface area is 224 Å². The van der Waals surface area contributed by atoms with Crippen LogP contribution in [0.15, 0.2) is 65.4 Å². The fraction of sp³-hybridized carbons (Fsp3) is 0.467. The predicted molar refractivity (Wildman–Crippen MR) is 143 cm³/mol. The van der Waals surface area contributed by atoms with E-state index in [-0.39, 0.29) is 36.0 Å². The Bertz CT molecular complexity index is 1140. The minimum absolute atomic E-state index is 0.0131. The summed E-state index contributed by atoms with van der Waals surface area (Å²) >= 11 is 0. The van der Waals surface area contributed by atoms with Gasteiger partial charge in [-0.2, -0.15) is 0 Å². The van der Waals surface area contributed by atoms with Gasteiger partial charge in [-0.05, 0) is 68.1 Å². The van der Waals surface area contributed by atoms with E-state index in [1.165, 1.54) is 24.8 Å². The summed E-state index contributed by atoms with van der Waals surface area (Å²) in [5, 5.41) is 0. The van der Waals surface area contributed by atoms with Crippen molar-refractivity contribution in [3.63, 3.8) is 0 Å². The Morgan fingerprint density at radius 2 is 1.87 bits per heavy atom. The molecule has 7 nitrogen and oxygen atoms in total. The number of amides is 2. The molecule has 0 radical (unpaired) electrons. The van der Waals surface area contributed by atoms with Crippen molar-refractivity contribution in [2.24, 2.45) is 0 Å². The third kappa shape index (κ3) is 7.57. The Balaban J connectivity index is 1.51. The first kappa shape index (κ1) is 27.6. The fourth-order valence-corrected chi connectivity index (χ4v) is 5.09. The molecule has 204 valence electrons. The average molecular weight is 524 g/mol. The smallest absolute Gasteiger partial charge is 0.290 e. The number of hydrogen-bond acceptors (Lipinski definition) is 4. The van der Waals surface area contributed by atoms with Crippen LogP contribution in [0.5, 0.6) is 0 Å². The average Bonchev–Trinajstić information content (AvgIpc) is 3.63. The summed E-state index contributed by atoms with van der Waals surface area (Å²) in [4.78, 5) is 30.6. The maximum absolute atomic E-state index is 13.9. The van der Waals surface area contributed by atoms with Crippen LogP contribution < -0.4 is 0 Å². The van der Waals surface area contributed by atoms with Gasteiger partial charge in [-0.25, -0.2) is 4.39 Å². The highest BCUT2D eigenvalue weighted by atomic mass is 19.1. The van der Waals surface area contributed by atoms with E-state index in [0.29, 0.717) is 39.3 Å². The van der Waals surface area contributed by atoms with Gasteiger partial charge in [0.15, 0.2) is 5.76 Å². The van der Waals surface area contributed by atoms with Crippen LogP contribution >= 0.6 is 0 Å². The van der Waals surface area contributed by atoms with Gasteiger partial charge in [0.1, 0.15) is 12.4 Å². The second kappa shape index (κ2) is 14.0. The number of benzene rings is 1. The van der Waals surface area contributed by atoms with Gasteiger partial charge in [0.2, 0.25) is 5.91 Å². The molecular formula is C30H38FN3O4. The van der Waals surface area contributed by atoms with Gasteiger partial charge >= 0.3 is 0 Å². The number of hydrogen-bond donors (Lipinski definition) is 0. The lowest BCUT2D eigenvalue weighted by molar-refractivity contribution is -0.135. The molecule has 0 unspecified atom stereocenters.